The van der Waals surface area contributed by atoms with Gasteiger partial charge in [-0.2, -0.15) is 0 Å². The van der Waals surface area contributed by atoms with Gasteiger partial charge in [-0.05, 0) is 37.5 Å². The molecule has 2 rings (SSSR count). The Kier molecular flexibility index (Phi) is 8.95. The summed E-state index contributed by atoms with van der Waals surface area (Å²) >= 11 is 6.00. The van der Waals surface area contributed by atoms with E-state index in [1.54, 1.807) is 0 Å². The maximum absolute atomic E-state index is 6.00. The molecule has 1 unspecified atom stereocenters. The van der Waals surface area contributed by atoms with Crippen molar-refractivity contribution < 1.29 is 9.47 Å². The lowest BCUT2D eigenvalue weighted by molar-refractivity contribution is 0.0888. The Morgan fingerprint density at radius 3 is 3.08 bits per heavy atom. The molecule has 134 valence electrons. The number of nitrogens with one attached hydrogen (secondary N) is 2. The van der Waals surface area contributed by atoms with Crippen molar-refractivity contribution in [3.05, 3.63) is 34.9 Å². The van der Waals surface area contributed by atoms with Gasteiger partial charge in [0.1, 0.15) is 0 Å². The molecule has 0 radical (unpaired) electrons. The van der Waals surface area contributed by atoms with Crippen LogP contribution in [0.15, 0.2) is 29.3 Å². The fraction of sp³-hybridized carbons (Fsp3) is 0.611. The number of rotatable bonds is 9. The molecular weight excluding hydrogens is 326 g/mol. The van der Waals surface area contributed by atoms with Gasteiger partial charge in [0, 0.05) is 37.2 Å². The minimum atomic E-state index is 0.578. The molecule has 0 aliphatic carbocycles. The van der Waals surface area contributed by atoms with E-state index in [-0.39, 0.29) is 0 Å². The van der Waals surface area contributed by atoms with Gasteiger partial charge in [0.2, 0.25) is 0 Å². The van der Waals surface area contributed by atoms with Crippen molar-refractivity contribution in [2.24, 2.45) is 10.9 Å². The van der Waals surface area contributed by atoms with E-state index in [2.05, 4.69) is 22.5 Å². The predicted molar refractivity (Wildman–Crippen MR) is 98.6 cm³/mol. The van der Waals surface area contributed by atoms with Crippen LogP contribution in [0.2, 0.25) is 5.02 Å². The number of nitrogens with zero attached hydrogens (tertiary/aromatic N) is 1. The first-order valence-electron chi connectivity index (χ1n) is 8.70. The molecule has 0 bridgehead atoms. The third-order valence-electron chi connectivity index (χ3n) is 3.79. The smallest absolute Gasteiger partial charge is 0.191 e. The van der Waals surface area contributed by atoms with Crippen LogP contribution in [0.3, 0.4) is 0 Å². The van der Waals surface area contributed by atoms with E-state index in [4.69, 9.17) is 21.1 Å². The summed E-state index contributed by atoms with van der Waals surface area (Å²) < 4.78 is 11.0. The summed E-state index contributed by atoms with van der Waals surface area (Å²) in [4.78, 5) is 4.58. The number of hydrogen-bond acceptors (Lipinski definition) is 3. The lowest BCUT2D eigenvalue weighted by Crippen LogP contribution is -2.38. The standard InChI is InChI=1S/C18H28ClN3O2/c1-2-20-18(22-12-15-5-3-6-17(19)11-15)21-8-4-9-23-13-16-7-10-24-14-16/h3,5-6,11,16H,2,4,7-10,12-14H2,1H3,(H2,20,21,22). The van der Waals surface area contributed by atoms with Crippen molar-refractivity contribution in [2.45, 2.75) is 26.3 Å². The molecule has 1 aliphatic heterocycles. The van der Waals surface area contributed by atoms with Crippen LogP contribution >= 0.6 is 11.6 Å². The second kappa shape index (κ2) is 11.3. The molecule has 0 saturated carbocycles. The highest BCUT2D eigenvalue weighted by atomic mass is 35.5. The van der Waals surface area contributed by atoms with E-state index in [0.717, 1.165) is 68.9 Å². The second-order valence-corrected chi connectivity index (χ2v) is 6.35. The largest absolute Gasteiger partial charge is 0.381 e. The van der Waals surface area contributed by atoms with Crippen molar-refractivity contribution in [2.75, 3.05) is 39.5 Å². The van der Waals surface area contributed by atoms with Gasteiger partial charge in [0.15, 0.2) is 5.96 Å². The highest BCUT2D eigenvalue weighted by Gasteiger charge is 2.15. The zero-order valence-corrected chi connectivity index (χ0v) is 15.1. The lowest BCUT2D eigenvalue weighted by Gasteiger charge is -2.12. The fourth-order valence-electron chi connectivity index (χ4n) is 2.49. The fourth-order valence-corrected chi connectivity index (χ4v) is 2.71. The third kappa shape index (κ3) is 7.51. The quantitative estimate of drug-likeness (QED) is 0.407. The normalized spacial score (nSPS) is 17.9. The van der Waals surface area contributed by atoms with Crippen LogP contribution < -0.4 is 10.6 Å². The zero-order valence-electron chi connectivity index (χ0n) is 14.4. The molecule has 2 N–H and O–H groups in total. The molecule has 6 heteroatoms. The number of halogens is 1. The first kappa shape index (κ1) is 19.0. The second-order valence-electron chi connectivity index (χ2n) is 5.91. The maximum atomic E-state index is 6.00. The first-order valence-corrected chi connectivity index (χ1v) is 9.08. The molecule has 1 aliphatic rings. The van der Waals surface area contributed by atoms with Gasteiger partial charge in [0.25, 0.3) is 0 Å². The number of guanidine groups is 1. The van der Waals surface area contributed by atoms with Crippen molar-refractivity contribution in [1.29, 1.82) is 0 Å². The van der Waals surface area contributed by atoms with E-state index >= 15 is 0 Å². The van der Waals surface area contributed by atoms with Crippen LogP contribution in [-0.2, 0) is 16.0 Å². The summed E-state index contributed by atoms with van der Waals surface area (Å²) in [5, 5.41) is 7.33. The molecule has 0 spiro atoms. The summed E-state index contributed by atoms with van der Waals surface area (Å²) in [6.07, 6.45) is 2.08. The minimum absolute atomic E-state index is 0.578. The maximum Gasteiger partial charge on any atom is 0.191 e. The first-order chi connectivity index (χ1) is 11.8. The average molecular weight is 354 g/mol. The minimum Gasteiger partial charge on any atom is -0.381 e. The summed E-state index contributed by atoms with van der Waals surface area (Å²) in [6.45, 7) is 7.63. The summed E-state index contributed by atoms with van der Waals surface area (Å²) in [6, 6.07) is 7.78. The van der Waals surface area contributed by atoms with Crippen molar-refractivity contribution in [3.63, 3.8) is 0 Å². The number of ether oxygens (including phenoxy) is 2. The molecule has 1 atom stereocenters. The van der Waals surface area contributed by atoms with Gasteiger partial charge in [-0.15, -0.1) is 0 Å². The average Bonchev–Trinajstić information content (AvgIpc) is 3.09. The monoisotopic (exact) mass is 353 g/mol. The Morgan fingerprint density at radius 1 is 1.42 bits per heavy atom. The van der Waals surface area contributed by atoms with E-state index in [9.17, 15) is 0 Å². The highest BCUT2D eigenvalue weighted by molar-refractivity contribution is 6.30. The molecule has 1 heterocycles. The Bertz CT molecular complexity index is 505. The molecule has 1 saturated heterocycles. The molecule has 0 amide bonds. The van der Waals surface area contributed by atoms with Crippen LogP contribution in [0.1, 0.15) is 25.3 Å². The molecule has 24 heavy (non-hydrogen) atoms. The van der Waals surface area contributed by atoms with Crippen LogP contribution in [0.4, 0.5) is 0 Å². The topological polar surface area (TPSA) is 54.9 Å². The number of benzene rings is 1. The van der Waals surface area contributed by atoms with E-state index < -0.39 is 0 Å². The number of hydrogen-bond donors (Lipinski definition) is 2. The Morgan fingerprint density at radius 2 is 2.33 bits per heavy atom. The van der Waals surface area contributed by atoms with Crippen LogP contribution in [0, 0.1) is 5.92 Å². The van der Waals surface area contributed by atoms with E-state index in [1.807, 2.05) is 24.3 Å². The van der Waals surface area contributed by atoms with Gasteiger partial charge in [-0.25, -0.2) is 4.99 Å². The van der Waals surface area contributed by atoms with Crippen molar-refractivity contribution >= 4 is 17.6 Å². The Hall–Kier alpha value is -1.30. The molecule has 0 aromatic heterocycles. The van der Waals surface area contributed by atoms with Gasteiger partial charge in [-0.3, -0.25) is 0 Å². The Balaban J connectivity index is 1.63. The van der Waals surface area contributed by atoms with Gasteiger partial charge in [-0.1, -0.05) is 23.7 Å². The van der Waals surface area contributed by atoms with Crippen LogP contribution in [0.5, 0.6) is 0 Å². The third-order valence-corrected chi connectivity index (χ3v) is 4.02. The molecule has 5 nitrogen and oxygen atoms in total. The SMILES string of the molecule is CCNC(=NCc1cccc(Cl)c1)NCCCOCC1CCOC1. The van der Waals surface area contributed by atoms with E-state index in [0.29, 0.717) is 12.5 Å². The summed E-state index contributed by atoms with van der Waals surface area (Å²) in [7, 11) is 0. The molecule has 1 aromatic rings. The lowest BCUT2D eigenvalue weighted by atomic mass is 10.1. The zero-order chi connectivity index (χ0) is 17.0. The van der Waals surface area contributed by atoms with Gasteiger partial charge < -0.3 is 20.1 Å². The summed E-state index contributed by atoms with van der Waals surface area (Å²) in [5.74, 6) is 1.40. The van der Waals surface area contributed by atoms with Gasteiger partial charge in [0.05, 0.1) is 19.8 Å². The van der Waals surface area contributed by atoms with Gasteiger partial charge >= 0.3 is 0 Å². The molecule has 1 aromatic carbocycles. The van der Waals surface area contributed by atoms with Crippen LogP contribution in [-0.4, -0.2) is 45.5 Å². The van der Waals surface area contributed by atoms with Crippen molar-refractivity contribution in [1.82, 2.24) is 10.6 Å². The Labute approximate surface area is 149 Å². The van der Waals surface area contributed by atoms with Crippen LogP contribution in [0.25, 0.3) is 0 Å². The van der Waals surface area contributed by atoms with E-state index in [1.165, 1.54) is 0 Å². The highest BCUT2D eigenvalue weighted by Crippen LogP contribution is 2.12. The predicted octanol–water partition coefficient (Wildman–Crippen LogP) is 2.84. The summed E-state index contributed by atoms with van der Waals surface area (Å²) in [5.41, 5.74) is 1.10. The van der Waals surface area contributed by atoms with Crippen molar-refractivity contribution in [3.8, 4) is 0 Å². The number of aliphatic imine (C=N–C) groups is 1. The molecule has 1 fully saturated rings. The molecular formula is C18H28ClN3O2.